The van der Waals surface area contributed by atoms with E-state index in [4.69, 9.17) is 16.3 Å². The molecule has 6 heteroatoms. The number of carbonyl (C=O) groups is 3. The summed E-state index contributed by atoms with van der Waals surface area (Å²) in [6.07, 6.45) is 0.808. The summed E-state index contributed by atoms with van der Waals surface area (Å²) >= 11 is 6.12. The fourth-order valence-electron chi connectivity index (χ4n) is 2.68. The van der Waals surface area contributed by atoms with Gasteiger partial charge in [-0.2, -0.15) is 0 Å². The monoisotopic (exact) mass is 357 g/mol. The van der Waals surface area contributed by atoms with Crippen molar-refractivity contribution in [2.45, 2.75) is 13.3 Å². The molecule has 25 heavy (non-hydrogen) atoms. The molecule has 0 bridgehead atoms. The summed E-state index contributed by atoms with van der Waals surface area (Å²) in [7, 11) is 0. The predicted octanol–water partition coefficient (Wildman–Crippen LogP) is 3.42. The standard InChI is InChI=1S/C19H16ClNO4/c1-12-2-5-15(9-17(12)20)21-10-14(8-18(21)23)19(24)25-16-6-3-13(11-22)4-7-16/h2-7,9,11,14H,8,10H2,1H3/t14-/m1/s1. The number of anilines is 1. The Hall–Kier alpha value is -2.66. The van der Waals surface area contributed by atoms with Gasteiger partial charge in [-0.1, -0.05) is 17.7 Å². The maximum absolute atomic E-state index is 12.3. The lowest BCUT2D eigenvalue weighted by atomic mass is 10.1. The van der Waals surface area contributed by atoms with Gasteiger partial charge in [-0.15, -0.1) is 0 Å². The number of ether oxygens (including phenoxy) is 1. The first kappa shape index (κ1) is 17.2. The Kier molecular flexibility index (Phi) is 4.86. The number of esters is 1. The molecule has 1 saturated heterocycles. The molecule has 128 valence electrons. The Morgan fingerprint density at radius 1 is 1.24 bits per heavy atom. The number of aldehydes is 1. The summed E-state index contributed by atoms with van der Waals surface area (Å²) in [6.45, 7) is 2.14. The molecule has 2 aromatic carbocycles. The number of hydrogen-bond acceptors (Lipinski definition) is 4. The van der Waals surface area contributed by atoms with Crippen molar-refractivity contribution in [3.05, 3.63) is 58.6 Å². The Bertz CT molecular complexity index is 832. The zero-order chi connectivity index (χ0) is 18.0. The van der Waals surface area contributed by atoms with Crippen LogP contribution in [0.5, 0.6) is 5.75 Å². The van der Waals surface area contributed by atoms with Crippen LogP contribution in [0.15, 0.2) is 42.5 Å². The number of aryl methyl sites for hydroxylation is 1. The molecule has 0 aromatic heterocycles. The predicted molar refractivity (Wildman–Crippen MR) is 94.1 cm³/mol. The van der Waals surface area contributed by atoms with Gasteiger partial charge in [-0.25, -0.2) is 0 Å². The van der Waals surface area contributed by atoms with Gasteiger partial charge in [-0.05, 0) is 48.9 Å². The van der Waals surface area contributed by atoms with Crippen LogP contribution >= 0.6 is 11.6 Å². The molecule has 0 aliphatic carbocycles. The van der Waals surface area contributed by atoms with E-state index in [1.807, 2.05) is 19.1 Å². The van der Waals surface area contributed by atoms with Crippen molar-refractivity contribution in [3.63, 3.8) is 0 Å². The highest BCUT2D eigenvalue weighted by atomic mass is 35.5. The highest BCUT2D eigenvalue weighted by Crippen LogP contribution is 2.29. The maximum Gasteiger partial charge on any atom is 0.316 e. The van der Waals surface area contributed by atoms with Gasteiger partial charge in [0.15, 0.2) is 0 Å². The number of hydrogen-bond donors (Lipinski definition) is 0. The van der Waals surface area contributed by atoms with Gasteiger partial charge in [0, 0.05) is 29.2 Å². The molecule has 0 spiro atoms. The molecule has 2 aromatic rings. The van der Waals surface area contributed by atoms with Crippen molar-refractivity contribution in [2.24, 2.45) is 5.92 Å². The minimum absolute atomic E-state index is 0.0940. The lowest BCUT2D eigenvalue weighted by Gasteiger charge is -2.17. The van der Waals surface area contributed by atoms with E-state index >= 15 is 0 Å². The molecule has 1 aliphatic heterocycles. The van der Waals surface area contributed by atoms with Crippen LogP contribution in [0.25, 0.3) is 0 Å². The molecule has 5 nitrogen and oxygen atoms in total. The first-order chi connectivity index (χ1) is 12.0. The second-order valence-electron chi connectivity index (χ2n) is 5.95. The van der Waals surface area contributed by atoms with Crippen molar-refractivity contribution in [1.82, 2.24) is 0 Å². The van der Waals surface area contributed by atoms with Gasteiger partial charge in [0.1, 0.15) is 12.0 Å². The van der Waals surface area contributed by atoms with Crippen LogP contribution in [-0.4, -0.2) is 24.7 Å². The van der Waals surface area contributed by atoms with Crippen LogP contribution < -0.4 is 9.64 Å². The van der Waals surface area contributed by atoms with E-state index in [-0.39, 0.29) is 18.9 Å². The summed E-state index contributed by atoms with van der Waals surface area (Å²) in [6, 6.07) is 11.6. The van der Waals surface area contributed by atoms with Gasteiger partial charge >= 0.3 is 5.97 Å². The van der Waals surface area contributed by atoms with E-state index in [0.717, 1.165) is 5.56 Å². The molecule has 0 radical (unpaired) electrons. The SMILES string of the molecule is Cc1ccc(N2C[C@H](C(=O)Oc3ccc(C=O)cc3)CC2=O)cc1Cl. The van der Waals surface area contributed by atoms with Crippen LogP contribution in [0.4, 0.5) is 5.69 Å². The molecule has 1 aliphatic rings. The second-order valence-corrected chi connectivity index (χ2v) is 6.35. The second kappa shape index (κ2) is 7.07. The minimum atomic E-state index is -0.543. The number of carbonyl (C=O) groups excluding carboxylic acids is 3. The summed E-state index contributed by atoms with van der Waals surface area (Å²) in [5.74, 6) is -0.802. The van der Waals surface area contributed by atoms with Crippen LogP contribution in [0.3, 0.4) is 0 Å². The van der Waals surface area contributed by atoms with Crippen molar-refractivity contribution in [3.8, 4) is 5.75 Å². The number of halogens is 1. The van der Waals surface area contributed by atoms with Crippen LogP contribution in [0.1, 0.15) is 22.3 Å². The molecule has 0 saturated carbocycles. The average Bonchev–Trinajstić information content (AvgIpc) is 3.00. The lowest BCUT2D eigenvalue weighted by molar-refractivity contribution is -0.139. The fourth-order valence-corrected chi connectivity index (χ4v) is 2.85. The highest BCUT2D eigenvalue weighted by Gasteiger charge is 2.36. The topological polar surface area (TPSA) is 63.7 Å². The highest BCUT2D eigenvalue weighted by molar-refractivity contribution is 6.31. The Morgan fingerprint density at radius 3 is 2.60 bits per heavy atom. The molecule has 3 rings (SSSR count). The van der Waals surface area contributed by atoms with Crippen molar-refractivity contribution < 1.29 is 19.1 Å². The van der Waals surface area contributed by atoms with Crippen molar-refractivity contribution >= 4 is 35.5 Å². The molecule has 1 amide bonds. The van der Waals surface area contributed by atoms with Crippen molar-refractivity contribution in [1.29, 1.82) is 0 Å². The fraction of sp³-hybridized carbons (Fsp3) is 0.211. The van der Waals surface area contributed by atoms with Gasteiger partial charge < -0.3 is 9.64 Å². The largest absolute Gasteiger partial charge is 0.426 e. The molecule has 1 heterocycles. The number of rotatable bonds is 4. The van der Waals surface area contributed by atoms with Crippen LogP contribution in [0.2, 0.25) is 5.02 Å². The molecule has 1 atom stereocenters. The summed E-state index contributed by atoms with van der Waals surface area (Å²) in [5.41, 5.74) is 2.09. The first-order valence-corrected chi connectivity index (χ1v) is 8.19. The third-order valence-corrected chi connectivity index (χ3v) is 4.57. The van der Waals surface area contributed by atoms with E-state index in [9.17, 15) is 14.4 Å². The Balaban J connectivity index is 1.69. The van der Waals surface area contributed by atoms with E-state index < -0.39 is 11.9 Å². The van der Waals surface area contributed by atoms with E-state index in [0.29, 0.717) is 28.3 Å². The number of amides is 1. The number of nitrogens with zero attached hydrogens (tertiary/aromatic N) is 1. The maximum atomic E-state index is 12.3. The van der Waals surface area contributed by atoms with Gasteiger partial charge in [0.2, 0.25) is 5.91 Å². The zero-order valence-corrected chi connectivity index (χ0v) is 14.3. The molecular formula is C19H16ClNO4. The average molecular weight is 358 g/mol. The van der Waals surface area contributed by atoms with Gasteiger partial charge in [0.05, 0.1) is 5.92 Å². The summed E-state index contributed by atoms with van der Waals surface area (Å²) in [5, 5.41) is 0.576. The van der Waals surface area contributed by atoms with E-state index in [2.05, 4.69) is 0 Å². The zero-order valence-electron chi connectivity index (χ0n) is 13.6. The quantitative estimate of drug-likeness (QED) is 0.478. The Labute approximate surface area is 150 Å². The molecule has 1 fully saturated rings. The Morgan fingerprint density at radius 2 is 1.96 bits per heavy atom. The third-order valence-electron chi connectivity index (χ3n) is 4.16. The summed E-state index contributed by atoms with van der Waals surface area (Å²) < 4.78 is 5.31. The van der Waals surface area contributed by atoms with E-state index in [1.54, 1.807) is 35.2 Å². The minimum Gasteiger partial charge on any atom is -0.426 e. The van der Waals surface area contributed by atoms with E-state index in [1.165, 1.54) is 0 Å². The van der Waals surface area contributed by atoms with Crippen molar-refractivity contribution in [2.75, 3.05) is 11.4 Å². The lowest BCUT2D eigenvalue weighted by Crippen LogP contribution is -2.27. The molecular weight excluding hydrogens is 342 g/mol. The van der Waals surface area contributed by atoms with Gasteiger partial charge in [0.25, 0.3) is 0 Å². The third kappa shape index (κ3) is 3.72. The molecule has 0 N–H and O–H groups in total. The smallest absolute Gasteiger partial charge is 0.316 e. The van der Waals surface area contributed by atoms with Crippen LogP contribution in [0, 0.1) is 12.8 Å². The first-order valence-electron chi connectivity index (χ1n) is 7.81. The van der Waals surface area contributed by atoms with Crippen LogP contribution in [-0.2, 0) is 9.59 Å². The molecule has 0 unspecified atom stereocenters. The van der Waals surface area contributed by atoms with Gasteiger partial charge in [-0.3, -0.25) is 14.4 Å². The number of benzene rings is 2. The normalized spacial score (nSPS) is 16.8. The summed E-state index contributed by atoms with van der Waals surface area (Å²) in [4.78, 5) is 36.8.